The van der Waals surface area contributed by atoms with Crippen molar-refractivity contribution in [2.24, 2.45) is 0 Å². The Balaban J connectivity index is 2.72. The van der Waals surface area contributed by atoms with Crippen molar-refractivity contribution < 1.29 is 9.53 Å². The van der Waals surface area contributed by atoms with E-state index in [9.17, 15) is 4.79 Å². The molecule has 0 aliphatic heterocycles. The fourth-order valence-electron chi connectivity index (χ4n) is 3.17. The lowest BCUT2D eigenvalue weighted by Crippen LogP contribution is -2.52. The standard InChI is InChI=1S/C14H28N2O2/c1-5-10-16(7-3)12-8-9-14(11-12,15-6-2)13(17)18-4/h12,15H,5-11H2,1-4H3. The molecule has 0 amide bonds. The first-order chi connectivity index (χ1) is 8.63. The van der Waals surface area contributed by atoms with E-state index < -0.39 is 5.54 Å². The predicted octanol–water partition coefficient (Wildman–Crippen LogP) is 1.79. The van der Waals surface area contributed by atoms with E-state index in [-0.39, 0.29) is 5.97 Å². The molecule has 1 rings (SSSR count). The molecule has 0 saturated heterocycles. The van der Waals surface area contributed by atoms with Crippen molar-refractivity contribution in [2.45, 2.75) is 58.0 Å². The monoisotopic (exact) mass is 256 g/mol. The number of carbonyl (C=O) groups is 1. The Morgan fingerprint density at radius 1 is 1.44 bits per heavy atom. The molecular weight excluding hydrogens is 228 g/mol. The maximum Gasteiger partial charge on any atom is 0.326 e. The minimum Gasteiger partial charge on any atom is -0.468 e. The van der Waals surface area contributed by atoms with Gasteiger partial charge in [0.05, 0.1) is 7.11 Å². The highest BCUT2D eigenvalue weighted by atomic mass is 16.5. The quantitative estimate of drug-likeness (QED) is 0.705. The highest BCUT2D eigenvalue weighted by Crippen LogP contribution is 2.34. The van der Waals surface area contributed by atoms with E-state index in [1.165, 1.54) is 7.11 Å². The van der Waals surface area contributed by atoms with Gasteiger partial charge < -0.3 is 15.0 Å². The van der Waals surface area contributed by atoms with Gasteiger partial charge in [-0.15, -0.1) is 0 Å². The first-order valence-corrected chi connectivity index (χ1v) is 7.21. The lowest BCUT2D eigenvalue weighted by atomic mass is 9.97. The van der Waals surface area contributed by atoms with Gasteiger partial charge in [-0.2, -0.15) is 0 Å². The first kappa shape index (κ1) is 15.4. The van der Waals surface area contributed by atoms with Crippen LogP contribution in [0.1, 0.15) is 46.5 Å². The smallest absolute Gasteiger partial charge is 0.326 e. The molecular formula is C14H28N2O2. The average molecular weight is 256 g/mol. The molecule has 4 nitrogen and oxygen atoms in total. The van der Waals surface area contributed by atoms with Gasteiger partial charge in [-0.1, -0.05) is 20.8 Å². The van der Waals surface area contributed by atoms with Gasteiger partial charge in [-0.25, -0.2) is 0 Å². The van der Waals surface area contributed by atoms with Crippen LogP contribution in [0.15, 0.2) is 0 Å². The van der Waals surface area contributed by atoms with Crippen LogP contribution in [0.3, 0.4) is 0 Å². The summed E-state index contributed by atoms with van der Waals surface area (Å²) in [6.45, 7) is 9.42. The van der Waals surface area contributed by atoms with Gasteiger partial charge in [0, 0.05) is 6.04 Å². The normalized spacial score (nSPS) is 27.7. The molecule has 1 aliphatic rings. The van der Waals surface area contributed by atoms with Crippen molar-refractivity contribution in [3.63, 3.8) is 0 Å². The second-order valence-corrected chi connectivity index (χ2v) is 5.13. The average Bonchev–Trinajstić information content (AvgIpc) is 2.80. The van der Waals surface area contributed by atoms with E-state index in [4.69, 9.17) is 4.74 Å². The van der Waals surface area contributed by atoms with Crippen LogP contribution in [0.25, 0.3) is 0 Å². The maximum atomic E-state index is 12.0. The number of hydrogen-bond acceptors (Lipinski definition) is 4. The minimum atomic E-state index is -0.449. The maximum absolute atomic E-state index is 12.0. The van der Waals surface area contributed by atoms with Crippen LogP contribution in [-0.4, -0.2) is 49.2 Å². The zero-order chi connectivity index (χ0) is 13.6. The van der Waals surface area contributed by atoms with Crippen molar-refractivity contribution in [3.8, 4) is 0 Å². The van der Waals surface area contributed by atoms with E-state index >= 15 is 0 Å². The number of esters is 1. The summed E-state index contributed by atoms with van der Waals surface area (Å²) in [6, 6.07) is 0.507. The summed E-state index contributed by atoms with van der Waals surface area (Å²) in [4.78, 5) is 14.5. The minimum absolute atomic E-state index is 0.0978. The second kappa shape index (κ2) is 7.10. The SMILES string of the molecule is CCCN(CC)C1CCC(NCC)(C(=O)OC)C1. The van der Waals surface area contributed by atoms with Gasteiger partial charge in [-0.3, -0.25) is 4.79 Å². The summed E-state index contributed by atoms with van der Waals surface area (Å²) < 4.78 is 4.99. The zero-order valence-corrected chi connectivity index (χ0v) is 12.3. The Hall–Kier alpha value is -0.610. The molecule has 18 heavy (non-hydrogen) atoms. The molecule has 1 saturated carbocycles. The topological polar surface area (TPSA) is 41.6 Å². The number of ether oxygens (including phenoxy) is 1. The van der Waals surface area contributed by atoms with Crippen LogP contribution in [0.4, 0.5) is 0 Å². The Kier molecular flexibility index (Phi) is 6.09. The van der Waals surface area contributed by atoms with Gasteiger partial charge in [0.1, 0.15) is 5.54 Å². The number of carbonyl (C=O) groups excluding carboxylic acids is 1. The third-order valence-electron chi connectivity index (χ3n) is 4.01. The van der Waals surface area contributed by atoms with Crippen LogP contribution in [0.5, 0.6) is 0 Å². The van der Waals surface area contributed by atoms with Crippen molar-refractivity contribution in [3.05, 3.63) is 0 Å². The van der Waals surface area contributed by atoms with Crippen LogP contribution >= 0.6 is 0 Å². The largest absolute Gasteiger partial charge is 0.468 e. The van der Waals surface area contributed by atoms with Crippen molar-refractivity contribution in [1.29, 1.82) is 0 Å². The molecule has 0 aromatic carbocycles. The van der Waals surface area contributed by atoms with Crippen LogP contribution in [0.2, 0.25) is 0 Å². The summed E-state index contributed by atoms with van der Waals surface area (Å²) in [5.74, 6) is -0.0978. The number of nitrogens with one attached hydrogen (secondary N) is 1. The van der Waals surface area contributed by atoms with Gasteiger partial charge >= 0.3 is 5.97 Å². The molecule has 1 aliphatic carbocycles. The molecule has 4 heteroatoms. The molecule has 1 N–H and O–H groups in total. The van der Waals surface area contributed by atoms with Crippen LogP contribution < -0.4 is 5.32 Å². The third kappa shape index (κ3) is 3.23. The fraction of sp³-hybridized carbons (Fsp3) is 0.929. The van der Waals surface area contributed by atoms with E-state index in [1.807, 2.05) is 6.92 Å². The van der Waals surface area contributed by atoms with Crippen LogP contribution in [-0.2, 0) is 9.53 Å². The van der Waals surface area contributed by atoms with Gasteiger partial charge in [-0.05, 0) is 45.3 Å². The van der Waals surface area contributed by atoms with Crippen LogP contribution in [0, 0.1) is 0 Å². The Morgan fingerprint density at radius 3 is 2.67 bits per heavy atom. The molecule has 0 spiro atoms. The molecule has 0 radical (unpaired) electrons. The molecule has 0 aromatic heterocycles. The predicted molar refractivity (Wildman–Crippen MR) is 73.6 cm³/mol. The van der Waals surface area contributed by atoms with Crippen molar-refractivity contribution in [1.82, 2.24) is 10.2 Å². The van der Waals surface area contributed by atoms with Crippen molar-refractivity contribution in [2.75, 3.05) is 26.7 Å². The van der Waals surface area contributed by atoms with Crippen molar-refractivity contribution >= 4 is 5.97 Å². The highest BCUT2D eigenvalue weighted by Gasteiger charge is 2.46. The van der Waals surface area contributed by atoms with Gasteiger partial charge in [0.2, 0.25) is 0 Å². The van der Waals surface area contributed by atoms with E-state index in [0.717, 1.165) is 45.3 Å². The number of nitrogens with zero attached hydrogens (tertiary/aromatic N) is 1. The first-order valence-electron chi connectivity index (χ1n) is 7.21. The summed E-state index contributed by atoms with van der Waals surface area (Å²) >= 11 is 0. The fourth-order valence-corrected chi connectivity index (χ4v) is 3.17. The second-order valence-electron chi connectivity index (χ2n) is 5.13. The molecule has 2 atom stereocenters. The van der Waals surface area contributed by atoms with Gasteiger partial charge in [0.15, 0.2) is 0 Å². The summed E-state index contributed by atoms with van der Waals surface area (Å²) in [5, 5.41) is 3.36. The molecule has 2 unspecified atom stereocenters. The van der Waals surface area contributed by atoms with E-state index in [2.05, 4.69) is 24.1 Å². The lowest BCUT2D eigenvalue weighted by molar-refractivity contribution is -0.148. The number of hydrogen-bond donors (Lipinski definition) is 1. The Labute approximate surface area is 111 Å². The molecule has 1 fully saturated rings. The summed E-state index contributed by atoms with van der Waals surface area (Å²) in [7, 11) is 1.48. The molecule has 0 heterocycles. The highest BCUT2D eigenvalue weighted by molar-refractivity contribution is 5.81. The lowest BCUT2D eigenvalue weighted by Gasteiger charge is -2.31. The van der Waals surface area contributed by atoms with E-state index in [0.29, 0.717) is 6.04 Å². The number of methoxy groups -OCH3 is 1. The van der Waals surface area contributed by atoms with E-state index in [1.54, 1.807) is 0 Å². The Bertz CT molecular complexity index is 271. The molecule has 106 valence electrons. The summed E-state index contributed by atoms with van der Waals surface area (Å²) in [6.07, 6.45) is 4.01. The number of rotatable bonds is 7. The zero-order valence-electron chi connectivity index (χ0n) is 12.3. The number of likely N-dealkylation sites (N-methyl/N-ethyl adjacent to an activating group) is 1. The summed E-state index contributed by atoms with van der Waals surface area (Å²) in [5.41, 5.74) is -0.449. The Morgan fingerprint density at radius 2 is 2.17 bits per heavy atom. The third-order valence-corrected chi connectivity index (χ3v) is 4.01. The molecule has 0 bridgehead atoms. The molecule has 0 aromatic rings. The van der Waals surface area contributed by atoms with Gasteiger partial charge in [0.25, 0.3) is 0 Å².